The second kappa shape index (κ2) is 4.84. The van der Waals surface area contributed by atoms with Gasteiger partial charge in [0.1, 0.15) is 23.1 Å². The van der Waals surface area contributed by atoms with Gasteiger partial charge in [-0.25, -0.2) is 12.9 Å². The van der Waals surface area contributed by atoms with Crippen LogP contribution in [0.5, 0.6) is 0 Å². The Bertz CT molecular complexity index is 407. The van der Waals surface area contributed by atoms with Crippen LogP contribution in [-0.2, 0) is 15.8 Å². The third-order valence-corrected chi connectivity index (χ3v) is 4.19. The van der Waals surface area contributed by atoms with Gasteiger partial charge in [0, 0.05) is 6.54 Å². The van der Waals surface area contributed by atoms with Crippen molar-refractivity contribution >= 4 is 17.3 Å². The molecule has 5 heteroatoms. The summed E-state index contributed by atoms with van der Waals surface area (Å²) in [6, 6.07) is 5.27. The van der Waals surface area contributed by atoms with Gasteiger partial charge in [-0.2, -0.15) is 0 Å². The summed E-state index contributed by atoms with van der Waals surface area (Å²) in [7, 11) is -1.36. The quantitative estimate of drug-likeness (QED) is 0.752. The Hall–Kier alpha value is -1.07. The molecule has 1 aromatic rings. The fourth-order valence-electron chi connectivity index (χ4n) is 1.79. The third kappa shape index (κ3) is 2.20. The van der Waals surface area contributed by atoms with Crippen molar-refractivity contribution in [2.24, 2.45) is 0 Å². The molecule has 0 aromatic heterocycles. The summed E-state index contributed by atoms with van der Waals surface area (Å²) in [5.74, 6) is -0.353. The van der Waals surface area contributed by atoms with Crippen molar-refractivity contribution in [3.63, 3.8) is 0 Å². The molecule has 3 nitrogen and oxygen atoms in total. The Kier molecular flexibility index (Phi) is 3.46. The number of halogens is 1. The van der Waals surface area contributed by atoms with Crippen LogP contribution in [0.2, 0.25) is 0 Å². The van der Waals surface area contributed by atoms with Crippen LogP contribution in [0.1, 0.15) is 12.8 Å². The average Bonchev–Trinajstić information content (AvgIpc) is 2.77. The Morgan fingerprint density at radius 3 is 2.69 bits per heavy atom. The molecular weight excluding hydrogens is 229 g/mol. The van der Waals surface area contributed by atoms with E-state index >= 15 is 0 Å². The van der Waals surface area contributed by atoms with Crippen LogP contribution in [0, 0.1) is 5.82 Å². The van der Waals surface area contributed by atoms with Crippen molar-refractivity contribution < 1.29 is 13.4 Å². The number of rotatable bonds is 3. The minimum atomic E-state index is -1.36. The number of carbonyl (C=O) groups excluding carboxylic acids is 1. The topological polar surface area (TPSA) is 37.4 Å². The van der Waals surface area contributed by atoms with E-state index in [1.807, 2.05) is 0 Å². The minimum Gasteiger partial charge on any atom is -0.302 e. The van der Waals surface area contributed by atoms with E-state index < -0.39 is 11.0 Å². The number of aldehydes is 1. The highest BCUT2D eigenvalue weighted by Gasteiger charge is 2.29. The van der Waals surface area contributed by atoms with Crippen LogP contribution in [0.4, 0.5) is 4.39 Å². The van der Waals surface area contributed by atoms with Gasteiger partial charge < -0.3 is 4.79 Å². The molecule has 86 valence electrons. The standard InChI is InChI=1S/C11H12FNO2S/c12-9-3-5-11(6-4-9)16(15)13-7-1-2-10(13)8-14/h3-6,8,10H,1-2,7H2. The molecular formula is C11H12FNO2S. The SMILES string of the molecule is O=CC1CCCN1S(=O)c1ccc(F)cc1. The van der Waals surface area contributed by atoms with E-state index in [0.717, 1.165) is 19.1 Å². The van der Waals surface area contributed by atoms with Crippen molar-refractivity contribution in [3.05, 3.63) is 30.1 Å². The van der Waals surface area contributed by atoms with Crippen molar-refractivity contribution in [1.82, 2.24) is 4.31 Å². The number of carbonyl (C=O) groups is 1. The van der Waals surface area contributed by atoms with Crippen LogP contribution in [-0.4, -0.2) is 27.4 Å². The molecule has 1 aliphatic rings. The molecule has 1 saturated heterocycles. The lowest BCUT2D eigenvalue weighted by Crippen LogP contribution is -2.32. The van der Waals surface area contributed by atoms with Gasteiger partial charge in [0.2, 0.25) is 0 Å². The summed E-state index contributed by atoms with van der Waals surface area (Å²) in [6.07, 6.45) is 2.45. The molecule has 0 radical (unpaired) electrons. The highest BCUT2D eigenvalue weighted by Crippen LogP contribution is 2.21. The van der Waals surface area contributed by atoms with Crippen molar-refractivity contribution in [1.29, 1.82) is 0 Å². The first-order chi connectivity index (χ1) is 7.72. The van der Waals surface area contributed by atoms with E-state index in [1.165, 1.54) is 24.3 Å². The van der Waals surface area contributed by atoms with Crippen LogP contribution in [0.3, 0.4) is 0 Å². The van der Waals surface area contributed by atoms with Crippen LogP contribution < -0.4 is 0 Å². The zero-order valence-electron chi connectivity index (χ0n) is 8.64. The lowest BCUT2D eigenvalue weighted by Gasteiger charge is -2.18. The largest absolute Gasteiger partial charge is 0.302 e. The fourth-order valence-corrected chi connectivity index (χ4v) is 3.13. The van der Waals surface area contributed by atoms with Gasteiger partial charge in [-0.05, 0) is 37.1 Å². The van der Waals surface area contributed by atoms with Crippen LogP contribution >= 0.6 is 0 Å². The van der Waals surface area contributed by atoms with E-state index in [0.29, 0.717) is 11.4 Å². The highest BCUT2D eigenvalue weighted by molar-refractivity contribution is 7.82. The summed E-state index contributed by atoms with van der Waals surface area (Å²) in [5.41, 5.74) is 0. The molecule has 0 aliphatic carbocycles. The second-order valence-corrected chi connectivity index (χ2v) is 5.13. The predicted molar refractivity (Wildman–Crippen MR) is 58.6 cm³/mol. The smallest absolute Gasteiger partial charge is 0.138 e. The van der Waals surface area contributed by atoms with E-state index in [1.54, 1.807) is 4.31 Å². The summed E-state index contributed by atoms with van der Waals surface area (Å²) < 4.78 is 26.4. The van der Waals surface area contributed by atoms with E-state index in [-0.39, 0.29) is 11.9 Å². The maximum absolute atomic E-state index is 12.7. The van der Waals surface area contributed by atoms with Gasteiger partial charge in [-0.1, -0.05) is 0 Å². The van der Waals surface area contributed by atoms with E-state index in [9.17, 15) is 13.4 Å². The molecule has 0 amide bonds. The normalized spacial score (nSPS) is 23.2. The second-order valence-electron chi connectivity index (χ2n) is 3.69. The molecule has 1 aliphatic heterocycles. The number of benzene rings is 1. The van der Waals surface area contributed by atoms with Gasteiger partial charge in [-0.3, -0.25) is 0 Å². The number of nitrogens with zero attached hydrogens (tertiary/aromatic N) is 1. The third-order valence-electron chi connectivity index (χ3n) is 2.63. The van der Waals surface area contributed by atoms with Crippen LogP contribution in [0.25, 0.3) is 0 Å². The van der Waals surface area contributed by atoms with Crippen molar-refractivity contribution in [2.75, 3.05) is 6.54 Å². The molecule has 0 bridgehead atoms. The summed E-state index contributed by atoms with van der Waals surface area (Å²) in [5, 5.41) is 0. The first kappa shape index (κ1) is 11.4. The van der Waals surface area contributed by atoms with Gasteiger partial charge in [0.15, 0.2) is 0 Å². The molecule has 1 heterocycles. The first-order valence-corrected chi connectivity index (χ1v) is 6.22. The monoisotopic (exact) mass is 241 g/mol. The van der Waals surface area contributed by atoms with Gasteiger partial charge >= 0.3 is 0 Å². The first-order valence-electron chi connectivity index (χ1n) is 5.12. The zero-order chi connectivity index (χ0) is 11.5. The molecule has 0 spiro atoms. The van der Waals surface area contributed by atoms with E-state index in [2.05, 4.69) is 0 Å². The highest BCUT2D eigenvalue weighted by atomic mass is 32.2. The van der Waals surface area contributed by atoms with Gasteiger partial charge in [0.05, 0.1) is 10.9 Å². The fraction of sp³-hybridized carbons (Fsp3) is 0.364. The maximum Gasteiger partial charge on any atom is 0.138 e. The van der Waals surface area contributed by atoms with Crippen molar-refractivity contribution in [2.45, 2.75) is 23.8 Å². The minimum absolute atomic E-state index is 0.272. The van der Waals surface area contributed by atoms with Crippen molar-refractivity contribution in [3.8, 4) is 0 Å². The molecule has 1 fully saturated rings. The van der Waals surface area contributed by atoms with Crippen LogP contribution in [0.15, 0.2) is 29.2 Å². The molecule has 2 unspecified atom stereocenters. The number of hydrogen-bond acceptors (Lipinski definition) is 2. The lowest BCUT2D eigenvalue weighted by molar-refractivity contribution is -0.110. The molecule has 1 aromatic carbocycles. The predicted octanol–water partition coefficient (Wildman–Crippen LogP) is 1.51. The Morgan fingerprint density at radius 1 is 1.38 bits per heavy atom. The maximum atomic E-state index is 12.7. The molecule has 0 N–H and O–H groups in total. The Balaban J connectivity index is 2.18. The molecule has 16 heavy (non-hydrogen) atoms. The molecule has 2 rings (SSSR count). The zero-order valence-corrected chi connectivity index (χ0v) is 9.45. The summed E-state index contributed by atoms with van der Waals surface area (Å²) in [4.78, 5) is 11.3. The average molecular weight is 241 g/mol. The van der Waals surface area contributed by atoms with Gasteiger partial charge in [-0.15, -0.1) is 0 Å². The van der Waals surface area contributed by atoms with Gasteiger partial charge in [0.25, 0.3) is 0 Å². The molecule has 2 atom stereocenters. The van der Waals surface area contributed by atoms with E-state index in [4.69, 9.17) is 0 Å². The lowest BCUT2D eigenvalue weighted by atomic mass is 10.2. The summed E-state index contributed by atoms with van der Waals surface area (Å²) in [6.45, 7) is 0.646. The Labute approximate surface area is 95.8 Å². The molecule has 0 saturated carbocycles. The summed E-state index contributed by atoms with van der Waals surface area (Å²) >= 11 is 0. The Morgan fingerprint density at radius 2 is 2.06 bits per heavy atom. The number of hydrogen-bond donors (Lipinski definition) is 0.